The molecule has 1 N–H and O–H groups in total. The fourth-order valence-electron chi connectivity index (χ4n) is 6.21. The quantitative estimate of drug-likeness (QED) is 0.0770. The zero-order chi connectivity index (χ0) is 38.3. The van der Waals surface area contributed by atoms with Crippen LogP contribution >= 0.6 is 0 Å². The van der Waals surface area contributed by atoms with Crippen molar-refractivity contribution < 1.29 is 5.11 Å². The van der Waals surface area contributed by atoms with Gasteiger partial charge >= 0.3 is 0 Å². The summed E-state index contributed by atoms with van der Waals surface area (Å²) in [4.78, 5) is 0. The highest BCUT2D eigenvalue weighted by molar-refractivity contribution is 5.10. The molecule has 0 rings (SSSR count). The van der Waals surface area contributed by atoms with Crippen molar-refractivity contribution in [1.82, 2.24) is 0 Å². The average molecular weight is 701 g/mol. The molecule has 51 heavy (non-hydrogen) atoms. The predicted molar refractivity (Wildman–Crippen MR) is 233 cm³/mol. The molecule has 0 spiro atoms. The van der Waals surface area contributed by atoms with Gasteiger partial charge in [-0.2, -0.15) is 0 Å². The third-order valence-electron chi connectivity index (χ3n) is 10.1. The first-order valence-corrected chi connectivity index (χ1v) is 20.8. The summed E-state index contributed by atoms with van der Waals surface area (Å²) >= 11 is 0. The van der Waals surface area contributed by atoms with Gasteiger partial charge in [0.1, 0.15) is 0 Å². The third kappa shape index (κ3) is 33.2. The smallest absolute Gasteiger partial charge is 0.0433 e. The lowest BCUT2D eigenvalue weighted by Crippen LogP contribution is -1.97. The maximum atomic E-state index is 9.05. The number of rotatable bonds is 29. The minimum Gasteiger partial charge on any atom is -0.396 e. The second kappa shape index (κ2) is 32.3. The first-order valence-electron chi connectivity index (χ1n) is 20.8. The van der Waals surface area contributed by atoms with Crippen LogP contribution in [0, 0.1) is 5.92 Å². The molecule has 0 aromatic heterocycles. The monoisotopic (exact) mass is 701 g/mol. The zero-order valence-electron chi connectivity index (χ0n) is 35.9. The topological polar surface area (TPSA) is 20.2 Å². The number of hydrogen-bond acceptors (Lipinski definition) is 1. The fraction of sp³-hybridized carbons (Fsp3) is 0.640. The molecule has 0 saturated heterocycles. The molecule has 0 bridgehead atoms. The van der Waals surface area contributed by atoms with Crippen molar-refractivity contribution >= 4 is 0 Å². The van der Waals surface area contributed by atoms with E-state index in [9.17, 15) is 0 Å². The molecule has 0 radical (unpaired) electrons. The van der Waals surface area contributed by atoms with Crippen LogP contribution in [0.3, 0.4) is 0 Å². The molecule has 0 fully saturated rings. The molecule has 1 heteroatoms. The Balaban J connectivity index is 4.22. The Kier molecular flexibility index (Phi) is 30.8. The number of aliphatic hydroxyl groups excluding tert-OH is 1. The zero-order valence-corrected chi connectivity index (χ0v) is 35.9. The van der Waals surface area contributed by atoms with Crippen LogP contribution in [0.1, 0.15) is 198 Å². The summed E-state index contributed by atoms with van der Waals surface area (Å²) in [6, 6.07) is 0. The van der Waals surface area contributed by atoms with E-state index in [1.165, 1.54) is 114 Å². The van der Waals surface area contributed by atoms with Crippen LogP contribution in [-0.4, -0.2) is 11.7 Å². The molecule has 1 unspecified atom stereocenters. The molecule has 0 aliphatic rings. The minimum atomic E-state index is 0.312. The van der Waals surface area contributed by atoms with E-state index in [-0.39, 0.29) is 0 Å². The van der Waals surface area contributed by atoms with Crippen LogP contribution < -0.4 is 0 Å². The van der Waals surface area contributed by atoms with Gasteiger partial charge in [0.25, 0.3) is 0 Å². The van der Waals surface area contributed by atoms with Crippen molar-refractivity contribution in [1.29, 1.82) is 0 Å². The van der Waals surface area contributed by atoms with E-state index in [1.807, 2.05) is 0 Å². The summed E-state index contributed by atoms with van der Waals surface area (Å²) in [5.41, 5.74) is 13.6. The Labute approximate surface area is 319 Å². The van der Waals surface area contributed by atoms with Gasteiger partial charge in [-0.25, -0.2) is 0 Å². The lowest BCUT2D eigenvalue weighted by atomic mass is 10.0. The van der Waals surface area contributed by atoms with Gasteiger partial charge in [-0.3, -0.25) is 0 Å². The molecule has 1 atom stereocenters. The molecule has 0 saturated carbocycles. The second-order valence-corrected chi connectivity index (χ2v) is 16.2. The first kappa shape index (κ1) is 48.6. The highest BCUT2D eigenvalue weighted by Crippen LogP contribution is 2.18. The molecular weight excluding hydrogens is 617 g/mol. The van der Waals surface area contributed by atoms with Crippen molar-refractivity contribution in [2.45, 2.75) is 198 Å². The normalized spacial score (nSPS) is 15.1. The largest absolute Gasteiger partial charge is 0.396 e. The molecule has 1 nitrogen and oxygen atoms in total. The van der Waals surface area contributed by atoms with Gasteiger partial charge in [-0.05, 0) is 197 Å². The van der Waals surface area contributed by atoms with Crippen molar-refractivity contribution in [2.24, 2.45) is 5.92 Å². The minimum absolute atomic E-state index is 0.312. The fourth-order valence-corrected chi connectivity index (χ4v) is 6.21. The van der Waals surface area contributed by atoms with Gasteiger partial charge < -0.3 is 5.11 Å². The standard InChI is InChI=1S/C50H84O/c1-41(2)21-12-22-42(3)23-13-24-43(4)25-14-26-44(5)27-15-28-45(6)29-16-30-46(7)31-17-32-47(8)33-18-34-48(9)35-19-36-49(10)37-20-38-50(11)39-40-51/h21,23,25,27,29,31,33,35,37,50-51H,12-20,22,24,26,28,30,32,34,36,38-40H2,1-11H3. The van der Waals surface area contributed by atoms with E-state index in [1.54, 1.807) is 0 Å². The molecule has 0 aromatic rings. The van der Waals surface area contributed by atoms with Gasteiger partial charge in [0.15, 0.2) is 0 Å². The average Bonchev–Trinajstić information content (AvgIpc) is 3.04. The number of hydrogen-bond donors (Lipinski definition) is 1. The lowest BCUT2D eigenvalue weighted by molar-refractivity contribution is 0.259. The molecular formula is C50H84O. The van der Waals surface area contributed by atoms with Crippen LogP contribution in [0.2, 0.25) is 0 Å². The van der Waals surface area contributed by atoms with Gasteiger partial charge in [-0.1, -0.05) is 112 Å². The van der Waals surface area contributed by atoms with Crippen LogP contribution in [0.5, 0.6) is 0 Å². The van der Waals surface area contributed by atoms with Gasteiger partial charge in [0.2, 0.25) is 0 Å². The summed E-state index contributed by atoms with van der Waals surface area (Å²) in [5, 5.41) is 9.05. The summed E-state index contributed by atoms with van der Waals surface area (Å²) in [6.07, 6.45) is 43.8. The van der Waals surface area contributed by atoms with Crippen molar-refractivity contribution in [3.63, 3.8) is 0 Å². The maximum Gasteiger partial charge on any atom is 0.0433 e. The molecule has 290 valence electrons. The summed E-state index contributed by atoms with van der Waals surface area (Å²) in [6.45, 7) is 25.2. The Bertz CT molecular complexity index is 1200. The number of allylic oxidation sites excluding steroid dienone is 18. The van der Waals surface area contributed by atoms with E-state index in [0.29, 0.717) is 12.5 Å². The molecule has 0 aliphatic heterocycles. The summed E-state index contributed by atoms with van der Waals surface area (Å²) < 4.78 is 0. The molecule has 0 amide bonds. The van der Waals surface area contributed by atoms with Crippen LogP contribution in [0.15, 0.2) is 105 Å². The molecule has 0 heterocycles. The second-order valence-electron chi connectivity index (χ2n) is 16.2. The van der Waals surface area contributed by atoms with Crippen LogP contribution in [0.4, 0.5) is 0 Å². The predicted octanol–water partition coefficient (Wildman–Crippen LogP) is 16.6. The summed E-state index contributed by atoms with van der Waals surface area (Å²) in [7, 11) is 0. The Morgan fingerprint density at radius 1 is 0.333 bits per heavy atom. The highest BCUT2D eigenvalue weighted by atomic mass is 16.3. The SMILES string of the molecule is CC(C)=CCCC(C)=CCCC(C)=CCCC(C)=CCCC(C)=CCCC(C)=CCCC(C)=CCCC(C)=CCCC(C)=CCCC(C)CCO. The Morgan fingerprint density at radius 3 is 0.765 bits per heavy atom. The Morgan fingerprint density at radius 2 is 0.549 bits per heavy atom. The van der Waals surface area contributed by atoms with Crippen molar-refractivity contribution in [3.05, 3.63) is 105 Å². The van der Waals surface area contributed by atoms with E-state index in [4.69, 9.17) is 5.11 Å². The van der Waals surface area contributed by atoms with Crippen molar-refractivity contribution in [2.75, 3.05) is 6.61 Å². The Hall–Kier alpha value is -2.38. The van der Waals surface area contributed by atoms with E-state index in [2.05, 4.69) is 131 Å². The summed E-state index contributed by atoms with van der Waals surface area (Å²) in [5.74, 6) is 0.617. The number of aliphatic hydroxyl groups is 1. The van der Waals surface area contributed by atoms with Gasteiger partial charge in [0.05, 0.1) is 0 Å². The van der Waals surface area contributed by atoms with Crippen LogP contribution in [-0.2, 0) is 0 Å². The lowest BCUT2D eigenvalue weighted by Gasteiger charge is -2.07. The van der Waals surface area contributed by atoms with E-state index in [0.717, 1.165) is 57.8 Å². The van der Waals surface area contributed by atoms with E-state index >= 15 is 0 Å². The first-order chi connectivity index (χ1) is 24.3. The third-order valence-corrected chi connectivity index (χ3v) is 10.1. The maximum absolute atomic E-state index is 9.05. The molecule has 0 aromatic carbocycles. The van der Waals surface area contributed by atoms with E-state index < -0.39 is 0 Å². The van der Waals surface area contributed by atoms with Gasteiger partial charge in [-0.15, -0.1) is 0 Å². The molecule has 0 aliphatic carbocycles. The van der Waals surface area contributed by atoms with Crippen molar-refractivity contribution in [3.8, 4) is 0 Å². The highest BCUT2D eigenvalue weighted by Gasteiger charge is 2.00. The van der Waals surface area contributed by atoms with Crippen LogP contribution in [0.25, 0.3) is 0 Å². The van der Waals surface area contributed by atoms with Gasteiger partial charge in [0, 0.05) is 6.61 Å².